The second-order valence-electron chi connectivity index (χ2n) is 29.8. The molecule has 12 rings (SSSR count). The zero-order valence-electron chi connectivity index (χ0n) is 52.1. The molecule has 9 aromatic carbocycles. The molecular formula is C78H84N4. The maximum absolute atomic E-state index is 2.46. The van der Waals surface area contributed by atoms with Gasteiger partial charge in [0.2, 0.25) is 0 Å². The minimum absolute atomic E-state index is 0.0251. The molecule has 0 aliphatic rings. The molecular weight excluding hydrogens is 993 g/mol. The van der Waals surface area contributed by atoms with Gasteiger partial charge in [0.25, 0.3) is 0 Å². The van der Waals surface area contributed by atoms with E-state index in [2.05, 4.69) is 325 Å². The van der Waals surface area contributed by atoms with Crippen molar-refractivity contribution in [3.05, 3.63) is 215 Å². The quantitative estimate of drug-likeness (QED) is 0.162. The molecule has 0 saturated heterocycles. The lowest BCUT2D eigenvalue weighted by molar-refractivity contribution is 0.590. The summed E-state index contributed by atoms with van der Waals surface area (Å²) < 4.78 is 7.38. The van der Waals surface area contributed by atoms with Crippen molar-refractivity contribution in [3.63, 3.8) is 0 Å². The van der Waals surface area contributed by atoms with Gasteiger partial charge in [0.1, 0.15) is 0 Å². The number of benzene rings is 9. The van der Waals surface area contributed by atoms with Crippen molar-refractivity contribution in [2.24, 2.45) is 0 Å². The fourth-order valence-electron chi connectivity index (χ4n) is 12.4. The van der Waals surface area contributed by atoms with Crippen molar-refractivity contribution in [3.8, 4) is 17.1 Å². The highest BCUT2D eigenvalue weighted by Gasteiger charge is 2.26. The van der Waals surface area contributed by atoms with Gasteiger partial charge in [-0.25, -0.2) is 0 Å². The van der Waals surface area contributed by atoms with Crippen LogP contribution in [0.3, 0.4) is 0 Å². The highest BCUT2D eigenvalue weighted by atomic mass is 15.1. The van der Waals surface area contributed by atoms with Crippen molar-refractivity contribution in [2.75, 3.05) is 4.90 Å². The van der Waals surface area contributed by atoms with Gasteiger partial charge in [-0.15, -0.1) is 0 Å². The van der Waals surface area contributed by atoms with Crippen molar-refractivity contribution in [1.82, 2.24) is 13.7 Å². The Hall–Kier alpha value is -7.82. The van der Waals surface area contributed by atoms with E-state index >= 15 is 0 Å². The summed E-state index contributed by atoms with van der Waals surface area (Å²) >= 11 is 0. The van der Waals surface area contributed by atoms with Gasteiger partial charge in [0.05, 0.1) is 33.1 Å². The largest absolute Gasteiger partial charge is 0.310 e. The minimum atomic E-state index is 0.0251. The topological polar surface area (TPSA) is 18.0 Å². The van der Waals surface area contributed by atoms with E-state index in [9.17, 15) is 0 Å². The Bertz CT molecular complexity index is 3780. The van der Waals surface area contributed by atoms with E-state index in [1.165, 1.54) is 98.8 Å². The number of hydrogen-bond donors (Lipinski definition) is 0. The summed E-state index contributed by atoms with van der Waals surface area (Å²) in [6, 6.07) is 70.3. The molecule has 0 spiro atoms. The Balaban J connectivity index is 1.01. The number of anilines is 3. The third-order valence-electron chi connectivity index (χ3n) is 17.6. The summed E-state index contributed by atoms with van der Waals surface area (Å²) in [4.78, 5) is 2.42. The Morgan fingerprint density at radius 1 is 0.207 bits per heavy atom. The minimum Gasteiger partial charge on any atom is -0.310 e. The van der Waals surface area contributed by atoms with Crippen molar-refractivity contribution >= 4 is 82.5 Å². The number of hydrogen-bond acceptors (Lipinski definition) is 1. The van der Waals surface area contributed by atoms with E-state index < -0.39 is 0 Å². The van der Waals surface area contributed by atoms with Gasteiger partial charge < -0.3 is 18.6 Å². The van der Waals surface area contributed by atoms with Gasteiger partial charge in [-0.1, -0.05) is 161 Å². The SMILES string of the molecule is CC(C)(C)c1ccc2c(c1)c1cc(C(C)(C)C)ccc1n2-c1ccc(N(c2ccc(-n3c4ccc(C(C)(C)C)cc4c4cc(C(C)(C)C)ccc43)cc2)c2ccc(-n3c4ccc(C(C)(C)C)cc4c4cc(C(C)(C)C)ccc43)cc2)cc1. The van der Waals surface area contributed by atoms with Gasteiger partial charge in [-0.05, 0) is 211 Å². The van der Waals surface area contributed by atoms with E-state index in [0.29, 0.717) is 0 Å². The van der Waals surface area contributed by atoms with Crippen LogP contribution in [0.4, 0.5) is 17.1 Å². The lowest BCUT2D eigenvalue weighted by Gasteiger charge is -2.26. The van der Waals surface area contributed by atoms with Gasteiger partial charge in [-0.3, -0.25) is 0 Å². The Morgan fingerprint density at radius 3 is 0.512 bits per heavy atom. The highest BCUT2D eigenvalue weighted by molar-refractivity contribution is 6.12. The monoisotopic (exact) mass is 1080 g/mol. The molecule has 4 heteroatoms. The van der Waals surface area contributed by atoms with Crippen LogP contribution < -0.4 is 4.90 Å². The molecule has 0 radical (unpaired) electrons. The van der Waals surface area contributed by atoms with Crippen molar-refractivity contribution < 1.29 is 0 Å². The van der Waals surface area contributed by atoms with Crippen LogP contribution in [0.2, 0.25) is 0 Å². The summed E-state index contributed by atoms with van der Waals surface area (Å²) in [7, 11) is 0. The summed E-state index contributed by atoms with van der Waals surface area (Å²) in [5.41, 5.74) is 22.1. The second-order valence-corrected chi connectivity index (χ2v) is 29.8. The molecule has 82 heavy (non-hydrogen) atoms. The van der Waals surface area contributed by atoms with E-state index in [0.717, 1.165) is 34.1 Å². The third-order valence-corrected chi connectivity index (χ3v) is 17.6. The molecule has 0 unspecified atom stereocenters. The predicted octanol–water partition coefficient (Wildman–Crippen LogP) is 22.2. The lowest BCUT2D eigenvalue weighted by Crippen LogP contribution is -2.11. The molecule has 0 amide bonds. The molecule has 0 aliphatic heterocycles. The van der Waals surface area contributed by atoms with Gasteiger partial charge in [-0.2, -0.15) is 0 Å². The zero-order chi connectivity index (χ0) is 58.4. The van der Waals surface area contributed by atoms with Crippen molar-refractivity contribution in [2.45, 2.75) is 157 Å². The molecule has 3 aromatic heterocycles. The molecule has 3 heterocycles. The molecule has 0 N–H and O–H groups in total. The fraction of sp³-hybridized carbons (Fsp3) is 0.308. The van der Waals surface area contributed by atoms with E-state index in [1.807, 2.05) is 0 Å². The van der Waals surface area contributed by atoms with Gasteiger partial charge in [0, 0.05) is 66.4 Å². The fourth-order valence-corrected chi connectivity index (χ4v) is 12.4. The number of rotatable bonds is 6. The van der Waals surface area contributed by atoms with Crippen LogP contribution in [0.1, 0.15) is 158 Å². The van der Waals surface area contributed by atoms with Crippen LogP contribution >= 0.6 is 0 Å². The molecule has 0 saturated carbocycles. The number of nitrogens with zero attached hydrogens (tertiary/aromatic N) is 4. The average molecular weight is 1080 g/mol. The highest BCUT2D eigenvalue weighted by Crippen LogP contribution is 2.44. The maximum atomic E-state index is 2.46. The number of fused-ring (bicyclic) bond motifs is 9. The zero-order valence-corrected chi connectivity index (χ0v) is 52.1. The first-order valence-electron chi connectivity index (χ1n) is 29.8. The predicted molar refractivity (Wildman–Crippen MR) is 356 cm³/mol. The van der Waals surface area contributed by atoms with Gasteiger partial charge in [0.15, 0.2) is 0 Å². The molecule has 12 aromatic rings. The lowest BCUT2D eigenvalue weighted by atomic mass is 9.85. The van der Waals surface area contributed by atoms with E-state index in [4.69, 9.17) is 0 Å². The third kappa shape index (κ3) is 9.50. The molecule has 0 bridgehead atoms. The van der Waals surface area contributed by atoms with Crippen LogP contribution in [0.15, 0.2) is 182 Å². The Morgan fingerprint density at radius 2 is 0.366 bits per heavy atom. The van der Waals surface area contributed by atoms with Crippen LogP contribution in [-0.2, 0) is 32.5 Å². The standard InChI is InChI=1S/C78H84N4/c1-73(2,3)49-19-37-67-61(43-49)62-44-50(74(4,5)6)20-38-68(62)80(67)58-31-25-55(26-32-58)79(56-27-33-59(34-28-56)81-69-39-21-51(75(7,8)9)45-63(69)64-46-52(76(10,11)12)22-40-70(64)81)57-29-35-60(36-30-57)82-71-41-23-53(77(13,14)15)47-65(71)66-48-54(78(16,17)18)24-42-72(66)82/h19-48H,1-18H3. The smallest absolute Gasteiger partial charge is 0.0541 e. The molecule has 0 aliphatic carbocycles. The Labute approximate surface area is 488 Å². The van der Waals surface area contributed by atoms with Crippen LogP contribution in [0, 0.1) is 0 Å². The van der Waals surface area contributed by atoms with E-state index in [1.54, 1.807) is 0 Å². The molecule has 0 fully saturated rings. The van der Waals surface area contributed by atoms with Crippen LogP contribution in [-0.4, -0.2) is 13.7 Å². The normalized spacial score (nSPS) is 13.2. The summed E-state index contributed by atoms with van der Waals surface area (Å²) in [6.45, 7) is 41.6. The maximum Gasteiger partial charge on any atom is 0.0541 e. The first-order valence-corrected chi connectivity index (χ1v) is 29.8. The first kappa shape index (κ1) is 54.8. The van der Waals surface area contributed by atoms with Crippen molar-refractivity contribution in [1.29, 1.82) is 0 Å². The summed E-state index contributed by atoms with van der Waals surface area (Å²) in [6.07, 6.45) is 0. The summed E-state index contributed by atoms with van der Waals surface area (Å²) in [5, 5.41) is 7.75. The van der Waals surface area contributed by atoms with E-state index in [-0.39, 0.29) is 32.5 Å². The molecule has 4 nitrogen and oxygen atoms in total. The van der Waals surface area contributed by atoms with Gasteiger partial charge >= 0.3 is 0 Å². The summed E-state index contributed by atoms with van der Waals surface area (Å²) in [5.74, 6) is 0. The van der Waals surface area contributed by atoms with Crippen LogP contribution in [0.5, 0.6) is 0 Å². The molecule has 416 valence electrons. The average Bonchev–Trinajstić information content (AvgIpc) is 2.24. The first-order chi connectivity index (χ1) is 38.4. The second kappa shape index (κ2) is 18.9. The Kier molecular flexibility index (Phi) is 12.6. The molecule has 0 atom stereocenters. The number of aromatic nitrogens is 3. The van der Waals surface area contributed by atoms with Crippen LogP contribution in [0.25, 0.3) is 82.5 Å².